The van der Waals surface area contributed by atoms with E-state index in [4.69, 9.17) is 9.47 Å². The molecule has 4 nitrogen and oxygen atoms in total. The SMILES string of the molecule is CC(NCC1CC(O)C1)c1ccc2c(c1)OCCCO2. The molecule has 1 saturated carbocycles. The quantitative estimate of drug-likeness (QED) is 0.886. The predicted octanol–water partition coefficient (Wildman–Crippen LogP) is 2.27. The Morgan fingerprint density at radius 1 is 1.25 bits per heavy atom. The van der Waals surface area contributed by atoms with E-state index in [1.807, 2.05) is 6.07 Å². The molecule has 0 saturated heterocycles. The Kier molecular flexibility index (Phi) is 4.13. The van der Waals surface area contributed by atoms with Crippen LogP contribution in [0.25, 0.3) is 0 Å². The second kappa shape index (κ2) is 6.02. The maximum atomic E-state index is 9.30. The minimum Gasteiger partial charge on any atom is -0.490 e. The van der Waals surface area contributed by atoms with Gasteiger partial charge in [-0.05, 0) is 49.9 Å². The molecule has 0 amide bonds. The highest BCUT2D eigenvalue weighted by molar-refractivity contribution is 5.44. The average molecular weight is 277 g/mol. The molecular weight excluding hydrogens is 254 g/mol. The van der Waals surface area contributed by atoms with Crippen LogP contribution in [0.4, 0.5) is 0 Å². The minimum atomic E-state index is -0.0739. The summed E-state index contributed by atoms with van der Waals surface area (Å²) in [6.45, 7) is 4.57. The lowest BCUT2D eigenvalue weighted by Crippen LogP contribution is -2.36. The predicted molar refractivity (Wildman–Crippen MR) is 77.2 cm³/mol. The van der Waals surface area contributed by atoms with E-state index >= 15 is 0 Å². The summed E-state index contributed by atoms with van der Waals surface area (Å²) in [5.41, 5.74) is 1.22. The average Bonchev–Trinajstić information content (AvgIpc) is 2.66. The third kappa shape index (κ3) is 3.07. The Bertz CT molecular complexity index is 457. The maximum Gasteiger partial charge on any atom is 0.161 e. The third-order valence-electron chi connectivity index (χ3n) is 4.20. The largest absolute Gasteiger partial charge is 0.490 e. The highest BCUT2D eigenvalue weighted by Crippen LogP contribution is 2.32. The van der Waals surface area contributed by atoms with Gasteiger partial charge in [-0.2, -0.15) is 0 Å². The number of ether oxygens (including phenoxy) is 2. The van der Waals surface area contributed by atoms with Crippen LogP contribution in [0.5, 0.6) is 11.5 Å². The molecule has 1 aromatic rings. The third-order valence-corrected chi connectivity index (χ3v) is 4.20. The lowest BCUT2D eigenvalue weighted by Gasteiger charge is -2.32. The van der Waals surface area contributed by atoms with Gasteiger partial charge in [-0.25, -0.2) is 0 Å². The first-order valence-corrected chi connectivity index (χ1v) is 7.53. The fourth-order valence-corrected chi connectivity index (χ4v) is 2.78. The summed E-state index contributed by atoms with van der Waals surface area (Å²) in [6.07, 6.45) is 2.72. The zero-order valence-electron chi connectivity index (χ0n) is 12.0. The first-order chi connectivity index (χ1) is 9.72. The van der Waals surface area contributed by atoms with E-state index in [9.17, 15) is 5.11 Å². The fourth-order valence-electron chi connectivity index (χ4n) is 2.78. The summed E-state index contributed by atoms with van der Waals surface area (Å²) >= 11 is 0. The number of rotatable bonds is 4. The first kappa shape index (κ1) is 13.7. The van der Waals surface area contributed by atoms with Crippen LogP contribution < -0.4 is 14.8 Å². The van der Waals surface area contributed by atoms with Gasteiger partial charge in [0, 0.05) is 12.5 Å². The smallest absolute Gasteiger partial charge is 0.161 e. The van der Waals surface area contributed by atoms with Gasteiger partial charge in [0.2, 0.25) is 0 Å². The molecule has 20 heavy (non-hydrogen) atoms. The molecule has 2 N–H and O–H groups in total. The van der Waals surface area contributed by atoms with Crippen molar-refractivity contribution in [2.45, 2.75) is 38.3 Å². The van der Waals surface area contributed by atoms with Gasteiger partial charge in [-0.15, -0.1) is 0 Å². The van der Waals surface area contributed by atoms with Crippen molar-refractivity contribution < 1.29 is 14.6 Å². The van der Waals surface area contributed by atoms with Crippen molar-refractivity contribution in [3.05, 3.63) is 23.8 Å². The highest BCUT2D eigenvalue weighted by atomic mass is 16.5. The van der Waals surface area contributed by atoms with Crippen LogP contribution in [0.2, 0.25) is 0 Å². The second-order valence-corrected chi connectivity index (χ2v) is 5.88. The number of aliphatic hydroxyl groups excluding tert-OH is 1. The summed E-state index contributed by atoms with van der Waals surface area (Å²) in [6, 6.07) is 6.46. The molecule has 1 fully saturated rings. The van der Waals surface area contributed by atoms with E-state index in [1.165, 1.54) is 5.56 Å². The Hall–Kier alpha value is -1.26. The summed E-state index contributed by atoms with van der Waals surface area (Å²) < 4.78 is 11.4. The van der Waals surface area contributed by atoms with Crippen LogP contribution in [-0.2, 0) is 0 Å². The van der Waals surface area contributed by atoms with Crippen LogP contribution in [-0.4, -0.2) is 31.0 Å². The van der Waals surface area contributed by atoms with Crippen molar-refractivity contribution in [1.29, 1.82) is 0 Å². The fraction of sp³-hybridized carbons (Fsp3) is 0.625. The van der Waals surface area contributed by atoms with Gasteiger partial charge in [0.25, 0.3) is 0 Å². The molecule has 1 unspecified atom stereocenters. The molecule has 1 aliphatic carbocycles. The van der Waals surface area contributed by atoms with E-state index in [-0.39, 0.29) is 12.1 Å². The Morgan fingerprint density at radius 2 is 2.00 bits per heavy atom. The lowest BCUT2D eigenvalue weighted by molar-refractivity contribution is 0.0420. The van der Waals surface area contributed by atoms with Crippen LogP contribution in [0.15, 0.2) is 18.2 Å². The molecule has 1 atom stereocenters. The highest BCUT2D eigenvalue weighted by Gasteiger charge is 2.27. The molecule has 110 valence electrons. The van der Waals surface area contributed by atoms with Gasteiger partial charge in [0.1, 0.15) is 0 Å². The van der Waals surface area contributed by atoms with Crippen molar-refractivity contribution in [1.82, 2.24) is 5.32 Å². The van der Waals surface area contributed by atoms with Gasteiger partial charge < -0.3 is 19.9 Å². The number of nitrogens with one attached hydrogen (secondary N) is 1. The molecule has 1 aliphatic heterocycles. The molecule has 1 aromatic carbocycles. The van der Waals surface area contributed by atoms with Crippen LogP contribution in [0, 0.1) is 5.92 Å². The number of hydrogen-bond acceptors (Lipinski definition) is 4. The van der Waals surface area contributed by atoms with E-state index in [2.05, 4.69) is 24.4 Å². The molecule has 1 heterocycles. The molecule has 0 radical (unpaired) electrons. The number of benzene rings is 1. The molecule has 4 heteroatoms. The standard InChI is InChI=1S/C16H23NO3/c1-11(17-10-12-7-14(18)8-12)13-3-4-15-16(9-13)20-6-2-5-19-15/h3-4,9,11-12,14,17-18H,2,5-8,10H2,1H3. The summed E-state index contributed by atoms with van der Waals surface area (Å²) in [4.78, 5) is 0. The van der Waals surface area contributed by atoms with Crippen molar-refractivity contribution in [3.8, 4) is 11.5 Å². The number of hydrogen-bond donors (Lipinski definition) is 2. The molecular formula is C16H23NO3. The van der Waals surface area contributed by atoms with Crippen LogP contribution in [0.3, 0.4) is 0 Å². The minimum absolute atomic E-state index is 0.0739. The van der Waals surface area contributed by atoms with Gasteiger partial charge >= 0.3 is 0 Å². The Morgan fingerprint density at radius 3 is 2.75 bits per heavy atom. The van der Waals surface area contributed by atoms with Crippen molar-refractivity contribution in [3.63, 3.8) is 0 Å². The molecule has 0 spiro atoms. The summed E-state index contributed by atoms with van der Waals surface area (Å²) in [5.74, 6) is 2.32. The number of aliphatic hydroxyl groups is 1. The summed E-state index contributed by atoms with van der Waals surface area (Å²) in [7, 11) is 0. The van der Waals surface area contributed by atoms with E-state index < -0.39 is 0 Å². The van der Waals surface area contributed by atoms with E-state index in [0.29, 0.717) is 5.92 Å². The van der Waals surface area contributed by atoms with E-state index in [1.54, 1.807) is 0 Å². The van der Waals surface area contributed by atoms with Crippen LogP contribution >= 0.6 is 0 Å². The first-order valence-electron chi connectivity index (χ1n) is 7.53. The zero-order chi connectivity index (χ0) is 13.9. The Balaban J connectivity index is 1.59. The normalized spacial score (nSPS) is 26.5. The topological polar surface area (TPSA) is 50.7 Å². The van der Waals surface area contributed by atoms with Gasteiger partial charge in [0.15, 0.2) is 11.5 Å². The lowest BCUT2D eigenvalue weighted by atomic mass is 9.82. The van der Waals surface area contributed by atoms with Crippen LogP contribution in [0.1, 0.15) is 37.8 Å². The molecule has 0 aromatic heterocycles. The molecule has 2 aliphatic rings. The van der Waals surface area contributed by atoms with Crippen molar-refractivity contribution in [2.24, 2.45) is 5.92 Å². The molecule has 0 bridgehead atoms. The maximum absolute atomic E-state index is 9.30. The van der Waals surface area contributed by atoms with E-state index in [0.717, 1.165) is 50.5 Å². The van der Waals surface area contributed by atoms with Gasteiger partial charge in [0.05, 0.1) is 19.3 Å². The zero-order valence-corrected chi connectivity index (χ0v) is 12.0. The monoisotopic (exact) mass is 277 g/mol. The van der Waals surface area contributed by atoms with Crippen molar-refractivity contribution >= 4 is 0 Å². The number of fused-ring (bicyclic) bond motifs is 1. The van der Waals surface area contributed by atoms with Gasteiger partial charge in [-0.1, -0.05) is 6.07 Å². The molecule has 3 rings (SSSR count). The summed E-state index contributed by atoms with van der Waals surface area (Å²) in [5, 5.41) is 12.8. The Labute approximate surface area is 120 Å². The van der Waals surface area contributed by atoms with Crippen molar-refractivity contribution in [2.75, 3.05) is 19.8 Å². The second-order valence-electron chi connectivity index (χ2n) is 5.88. The van der Waals surface area contributed by atoms with Gasteiger partial charge in [-0.3, -0.25) is 0 Å².